The van der Waals surface area contributed by atoms with Crippen molar-refractivity contribution in [1.29, 1.82) is 5.26 Å². The lowest BCUT2D eigenvalue weighted by atomic mass is 9.92. The molecule has 0 aliphatic carbocycles. The van der Waals surface area contributed by atoms with E-state index in [2.05, 4.69) is 0 Å². The van der Waals surface area contributed by atoms with Crippen LogP contribution in [0.3, 0.4) is 0 Å². The zero-order valence-electron chi connectivity index (χ0n) is 9.81. The van der Waals surface area contributed by atoms with Gasteiger partial charge in [0, 0.05) is 15.6 Å². The van der Waals surface area contributed by atoms with Gasteiger partial charge >= 0.3 is 0 Å². The van der Waals surface area contributed by atoms with Gasteiger partial charge in [-0.25, -0.2) is 0 Å². The normalized spacial score (nSPS) is 11.6. The lowest BCUT2D eigenvalue weighted by Gasteiger charge is -2.10. The maximum Gasteiger partial charge on any atom is 0.184 e. The summed E-state index contributed by atoms with van der Waals surface area (Å²) in [6, 6.07) is 15.4. The van der Waals surface area contributed by atoms with Crippen molar-refractivity contribution in [2.24, 2.45) is 0 Å². The number of rotatable bonds is 3. The molecule has 0 amide bonds. The fourth-order valence-corrected chi connectivity index (χ4v) is 2.29. The maximum atomic E-state index is 12.3. The lowest BCUT2D eigenvalue weighted by molar-refractivity contribution is 0.0979. The molecule has 0 bridgehead atoms. The Kier molecular flexibility index (Phi) is 4.21. The number of ketones is 1. The molecule has 1 atom stereocenters. The summed E-state index contributed by atoms with van der Waals surface area (Å²) in [5, 5.41) is 10.0. The van der Waals surface area contributed by atoms with Gasteiger partial charge in [0.1, 0.15) is 5.92 Å². The van der Waals surface area contributed by atoms with Crippen molar-refractivity contribution < 1.29 is 4.79 Å². The highest BCUT2D eigenvalue weighted by atomic mass is 35.5. The standard InChI is InChI=1S/C15H9Cl2NO/c16-11-6-7-12(14(17)8-11)13(9-18)15(19)10-4-2-1-3-5-10/h1-8,13H. The molecule has 19 heavy (non-hydrogen) atoms. The first-order valence-corrected chi connectivity index (χ1v) is 6.33. The van der Waals surface area contributed by atoms with Crippen LogP contribution >= 0.6 is 23.2 Å². The number of hydrogen-bond donors (Lipinski definition) is 0. The van der Waals surface area contributed by atoms with E-state index >= 15 is 0 Å². The first-order valence-electron chi connectivity index (χ1n) is 5.57. The highest BCUT2D eigenvalue weighted by Gasteiger charge is 2.23. The Labute approximate surface area is 121 Å². The number of Topliss-reactive ketones (excluding diaryl/α,β-unsaturated/α-hetero) is 1. The molecule has 0 heterocycles. The zero-order chi connectivity index (χ0) is 13.8. The van der Waals surface area contributed by atoms with Crippen molar-refractivity contribution >= 4 is 29.0 Å². The fourth-order valence-electron chi connectivity index (χ4n) is 1.77. The molecule has 0 saturated heterocycles. The molecule has 94 valence electrons. The molecule has 0 aromatic heterocycles. The van der Waals surface area contributed by atoms with Gasteiger partial charge in [0.2, 0.25) is 0 Å². The minimum absolute atomic E-state index is 0.271. The SMILES string of the molecule is N#CC(C(=O)c1ccccc1)c1ccc(Cl)cc1Cl. The predicted molar refractivity (Wildman–Crippen MR) is 75.6 cm³/mol. The van der Waals surface area contributed by atoms with E-state index in [1.165, 1.54) is 6.07 Å². The van der Waals surface area contributed by atoms with Gasteiger partial charge in [0.25, 0.3) is 0 Å². The average Bonchev–Trinajstić information content (AvgIpc) is 2.42. The summed E-state index contributed by atoms with van der Waals surface area (Å²) in [7, 11) is 0. The summed E-state index contributed by atoms with van der Waals surface area (Å²) in [5.74, 6) is -1.19. The van der Waals surface area contributed by atoms with Crippen LogP contribution in [-0.2, 0) is 0 Å². The lowest BCUT2D eigenvalue weighted by Crippen LogP contribution is -2.11. The van der Waals surface area contributed by atoms with Crippen LogP contribution in [0.2, 0.25) is 10.0 Å². The summed E-state index contributed by atoms with van der Waals surface area (Å²) in [4.78, 5) is 12.3. The Morgan fingerprint density at radius 2 is 1.79 bits per heavy atom. The van der Waals surface area contributed by atoms with Gasteiger partial charge in [-0.15, -0.1) is 0 Å². The van der Waals surface area contributed by atoms with E-state index in [0.717, 1.165) is 0 Å². The molecule has 4 heteroatoms. The molecule has 0 spiro atoms. The number of nitriles is 1. The van der Waals surface area contributed by atoms with Crippen molar-refractivity contribution in [2.45, 2.75) is 5.92 Å². The molecule has 0 saturated carbocycles. The maximum absolute atomic E-state index is 12.3. The molecule has 1 unspecified atom stereocenters. The highest BCUT2D eigenvalue weighted by molar-refractivity contribution is 6.35. The van der Waals surface area contributed by atoms with E-state index in [1.807, 2.05) is 12.1 Å². The minimum atomic E-state index is -0.924. The number of carbonyl (C=O) groups is 1. The summed E-state index contributed by atoms with van der Waals surface area (Å²) < 4.78 is 0. The van der Waals surface area contributed by atoms with Gasteiger partial charge in [-0.3, -0.25) is 4.79 Å². The molecule has 2 aromatic rings. The van der Waals surface area contributed by atoms with E-state index in [1.54, 1.807) is 36.4 Å². The Hall–Kier alpha value is -1.82. The Morgan fingerprint density at radius 1 is 1.11 bits per heavy atom. The van der Waals surface area contributed by atoms with Gasteiger partial charge in [0.15, 0.2) is 5.78 Å². The zero-order valence-corrected chi connectivity index (χ0v) is 11.3. The number of halogens is 2. The van der Waals surface area contributed by atoms with Gasteiger partial charge < -0.3 is 0 Å². The Morgan fingerprint density at radius 3 is 2.37 bits per heavy atom. The quantitative estimate of drug-likeness (QED) is 0.782. The first kappa shape index (κ1) is 13.6. The second-order valence-corrected chi connectivity index (χ2v) is 4.80. The summed E-state index contributed by atoms with van der Waals surface area (Å²) in [6.07, 6.45) is 0. The molecule has 0 radical (unpaired) electrons. The third-order valence-electron chi connectivity index (χ3n) is 2.72. The third-order valence-corrected chi connectivity index (χ3v) is 3.29. The van der Waals surface area contributed by atoms with Crippen LogP contribution in [0.4, 0.5) is 0 Å². The van der Waals surface area contributed by atoms with Gasteiger partial charge in [-0.05, 0) is 17.7 Å². The van der Waals surface area contributed by atoms with Crippen LogP contribution in [-0.4, -0.2) is 5.78 Å². The largest absolute Gasteiger partial charge is 0.292 e. The van der Waals surface area contributed by atoms with Crippen molar-refractivity contribution in [2.75, 3.05) is 0 Å². The number of benzene rings is 2. The van der Waals surface area contributed by atoms with Crippen molar-refractivity contribution in [3.05, 3.63) is 69.7 Å². The second kappa shape index (κ2) is 5.88. The topological polar surface area (TPSA) is 40.9 Å². The first-order chi connectivity index (χ1) is 9.13. The summed E-state index contributed by atoms with van der Waals surface area (Å²) in [6.45, 7) is 0. The molecule has 2 rings (SSSR count). The van der Waals surface area contributed by atoms with E-state index in [4.69, 9.17) is 23.2 Å². The van der Waals surface area contributed by atoms with Gasteiger partial charge in [0.05, 0.1) is 6.07 Å². The molecule has 0 N–H and O–H groups in total. The number of nitrogens with zero attached hydrogens (tertiary/aromatic N) is 1. The van der Waals surface area contributed by atoms with E-state index in [9.17, 15) is 10.1 Å². The van der Waals surface area contributed by atoms with Crippen molar-refractivity contribution in [1.82, 2.24) is 0 Å². The van der Waals surface area contributed by atoms with Crippen molar-refractivity contribution in [3.8, 4) is 6.07 Å². The van der Waals surface area contributed by atoms with Crippen LogP contribution in [0.1, 0.15) is 21.8 Å². The second-order valence-electron chi connectivity index (χ2n) is 3.96. The monoisotopic (exact) mass is 289 g/mol. The molecular weight excluding hydrogens is 281 g/mol. The smallest absolute Gasteiger partial charge is 0.184 e. The average molecular weight is 290 g/mol. The van der Waals surface area contributed by atoms with Crippen molar-refractivity contribution in [3.63, 3.8) is 0 Å². The molecule has 0 fully saturated rings. The Bertz CT molecular complexity index is 647. The Balaban J connectivity index is 2.41. The van der Waals surface area contributed by atoms with Crippen LogP contribution < -0.4 is 0 Å². The molecule has 0 aliphatic heterocycles. The van der Waals surface area contributed by atoms with Gasteiger partial charge in [-0.2, -0.15) is 5.26 Å². The fraction of sp³-hybridized carbons (Fsp3) is 0.0667. The number of hydrogen-bond acceptors (Lipinski definition) is 2. The van der Waals surface area contributed by atoms with E-state index in [0.29, 0.717) is 21.2 Å². The van der Waals surface area contributed by atoms with Crippen LogP contribution in [0.5, 0.6) is 0 Å². The molecular formula is C15H9Cl2NO. The molecule has 2 nitrogen and oxygen atoms in total. The van der Waals surface area contributed by atoms with E-state index in [-0.39, 0.29) is 5.78 Å². The van der Waals surface area contributed by atoms with Crippen LogP contribution in [0, 0.1) is 11.3 Å². The molecule has 2 aromatic carbocycles. The van der Waals surface area contributed by atoms with Gasteiger partial charge in [-0.1, -0.05) is 59.6 Å². The van der Waals surface area contributed by atoms with E-state index < -0.39 is 5.92 Å². The third kappa shape index (κ3) is 2.96. The van der Waals surface area contributed by atoms with Crippen LogP contribution in [0.25, 0.3) is 0 Å². The van der Waals surface area contributed by atoms with Crippen LogP contribution in [0.15, 0.2) is 48.5 Å². The summed E-state index contributed by atoms with van der Waals surface area (Å²) in [5.41, 5.74) is 0.961. The summed E-state index contributed by atoms with van der Waals surface area (Å²) >= 11 is 11.9. The highest BCUT2D eigenvalue weighted by Crippen LogP contribution is 2.29. The predicted octanol–water partition coefficient (Wildman–Crippen LogP) is 4.48. The minimum Gasteiger partial charge on any atom is -0.292 e. The molecule has 0 aliphatic rings. The number of carbonyl (C=O) groups excluding carboxylic acids is 1.